The predicted molar refractivity (Wildman–Crippen MR) is 87.4 cm³/mol. The molecule has 7 heteroatoms. The average Bonchev–Trinajstić information content (AvgIpc) is 2.56. The molecule has 0 atom stereocenters. The van der Waals surface area contributed by atoms with Gasteiger partial charge < -0.3 is 9.84 Å². The zero-order valence-electron chi connectivity index (χ0n) is 12.1. The van der Waals surface area contributed by atoms with Crippen LogP contribution in [-0.2, 0) is 4.74 Å². The van der Waals surface area contributed by atoms with Gasteiger partial charge in [-0.1, -0.05) is 23.7 Å². The van der Waals surface area contributed by atoms with E-state index in [4.69, 9.17) is 16.7 Å². The first-order valence-corrected chi connectivity index (χ1v) is 6.89. The molecule has 0 radical (unpaired) electrons. The van der Waals surface area contributed by atoms with Crippen molar-refractivity contribution in [2.45, 2.75) is 0 Å². The van der Waals surface area contributed by atoms with Crippen LogP contribution in [0.4, 0.5) is 5.69 Å². The molecule has 0 aliphatic rings. The number of halogens is 1. The molecule has 0 saturated heterocycles. The number of rotatable bonds is 5. The van der Waals surface area contributed by atoms with Crippen LogP contribution in [0.15, 0.2) is 47.6 Å². The van der Waals surface area contributed by atoms with E-state index in [0.717, 1.165) is 5.56 Å². The number of hydrazone groups is 1. The lowest BCUT2D eigenvalue weighted by atomic mass is 10.1. The quantitative estimate of drug-likeness (QED) is 0.498. The summed E-state index contributed by atoms with van der Waals surface area (Å²) in [5, 5.41) is 13.2. The molecule has 0 bridgehead atoms. The van der Waals surface area contributed by atoms with Crippen molar-refractivity contribution in [1.29, 1.82) is 0 Å². The summed E-state index contributed by atoms with van der Waals surface area (Å²) in [7, 11) is 1.32. The van der Waals surface area contributed by atoms with Crippen LogP contribution in [0.5, 0.6) is 0 Å². The Hall–Kier alpha value is -2.86. The normalized spacial score (nSPS) is 10.5. The fourth-order valence-electron chi connectivity index (χ4n) is 1.76. The van der Waals surface area contributed by atoms with Gasteiger partial charge in [0.15, 0.2) is 0 Å². The molecule has 0 aliphatic heterocycles. The van der Waals surface area contributed by atoms with Crippen molar-refractivity contribution in [2.24, 2.45) is 5.10 Å². The van der Waals surface area contributed by atoms with E-state index < -0.39 is 11.9 Å². The number of ether oxygens (including phenoxy) is 1. The summed E-state index contributed by atoms with van der Waals surface area (Å²) in [6, 6.07) is 11.2. The minimum absolute atomic E-state index is 0.00528. The molecule has 0 aromatic heterocycles. The summed E-state index contributed by atoms with van der Waals surface area (Å²) in [4.78, 5) is 22.3. The Balaban J connectivity index is 2.06. The lowest BCUT2D eigenvalue weighted by Gasteiger charge is -2.03. The molecule has 118 valence electrons. The SMILES string of the molecule is COC(=O)c1ccc(/C=N\Nc2ccc(Cl)c(C(=O)O)c2)cc1. The maximum Gasteiger partial charge on any atom is 0.337 e. The number of hydrogen-bond acceptors (Lipinski definition) is 5. The second kappa shape index (κ2) is 7.42. The van der Waals surface area contributed by atoms with Gasteiger partial charge in [0.1, 0.15) is 0 Å². The number of hydrogen-bond donors (Lipinski definition) is 2. The number of benzene rings is 2. The van der Waals surface area contributed by atoms with Gasteiger partial charge in [-0.05, 0) is 35.9 Å². The van der Waals surface area contributed by atoms with Gasteiger partial charge >= 0.3 is 11.9 Å². The number of anilines is 1. The number of carbonyl (C=O) groups excluding carboxylic acids is 1. The van der Waals surface area contributed by atoms with Gasteiger partial charge in [-0.15, -0.1) is 0 Å². The van der Waals surface area contributed by atoms with Gasteiger partial charge in [0.25, 0.3) is 0 Å². The summed E-state index contributed by atoms with van der Waals surface area (Å²) in [6.07, 6.45) is 1.54. The van der Waals surface area contributed by atoms with E-state index in [0.29, 0.717) is 11.3 Å². The number of methoxy groups -OCH3 is 1. The van der Waals surface area contributed by atoms with Crippen LogP contribution in [0.2, 0.25) is 5.02 Å². The van der Waals surface area contributed by atoms with Crippen LogP contribution < -0.4 is 5.43 Å². The number of esters is 1. The Morgan fingerprint density at radius 3 is 2.52 bits per heavy atom. The smallest absolute Gasteiger partial charge is 0.337 e. The lowest BCUT2D eigenvalue weighted by molar-refractivity contribution is 0.0600. The van der Waals surface area contributed by atoms with Gasteiger partial charge in [-0.25, -0.2) is 9.59 Å². The van der Waals surface area contributed by atoms with Crippen molar-refractivity contribution in [3.05, 3.63) is 64.2 Å². The van der Waals surface area contributed by atoms with Crippen molar-refractivity contribution >= 4 is 35.4 Å². The van der Waals surface area contributed by atoms with E-state index in [2.05, 4.69) is 15.3 Å². The number of aromatic carboxylic acids is 1. The van der Waals surface area contributed by atoms with Crippen LogP contribution >= 0.6 is 11.6 Å². The highest BCUT2D eigenvalue weighted by Gasteiger charge is 2.08. The molecular formula is C16H13ClN2O4. The molecule has 0 unspecified atom stereocenters. The first kappa shape index (κ1) is 16.5. The maximum absolute atomic E-state index is 11.3. The van der Waals surface area contributed by atoms with Crippen LogP contribution in [0.25, 0.3) is 0 Å². The maximum atomic E-state index is 11.3. The van der Waals surface area contributed by atoms with E-state index in [1.54, 1.807) is 30.3 Å². The Kier molecular flexibility index (Phi) is 5.32. The lowest BCUT2D eigenvalue weighted by Crippen LogP contribution is -2.01. The largest absolute Gasteiger partial charge is 0.478 e. The van der Waals surface area contributed by atoms with Gasteiger partial charge in [0, 0.05) is 0 Å². The predicted octanol–water partition coefficient (Wildman–Crippen LogP) is 3.27. The zero-order chi connectivity index (χ0) is 16.8. The van der Waals surface area contributed by atoms with Crippen LogP contribution in [0, 0.1) is 0 Å². The number of nitrogens with one attached hydrogen (secondary N) is 1. The third kappa shape index (κ3) is 4.31. The van der Waals surface area contributed by atoms with E-state index in [1.807, 2.05) is 0 Å². The number of carboxylic acid groups (broad SMARTS) is 1. The highest BCUT2D eigenvalue weighted by molar-refractivity contribution is 6.33. The molecule has 2 aromatic rings. The van der Waals surface area contributed by atoms with Crippen LogP contribution in [0.1, 0.15) is 26.3 Å². The van der Waals surface area contributed by atoms with E-state index in [1.165, 1.54) is 25.5 Å². The summed E-state index contributed by atoms with van der Waals surface area (Å²) in [5.74, 6) is -1.52. The molecule has 0 spiro atoms. The Bertz CT molecular complexity index is 757. The standard InChI is InChI=1S/C16H13ClN2O4/c1-23-16(22)11-4-2-10(3-5-11)9-18-19-12-6-7-14(17)13(8-12)15(20)21/h2-9,19H,1H3,(H,20,21)/b18-9-. The highest BCUT2D eigenvalue weighted by Crippen LogP contribution is 2.20. The van der Waals surface area contributed by atoms with Crippen molar-refractivity contribution in [1.82, 2.24) is 0 Å². The first-order valence-electron chi connectivity index (χ1n) is 6.51. The summed E-state index contributed by atoms with van der Waals surface area (Å²) in [6.45, 7) is 0. The fraction of sp³-hybridized carbons (Fsp3) is 0.0625. The van der Waals surface area contributed by atoms with E-state index in [-0.39, 0.29) is 10.6 Å². The molecule has 2 N–H and O–H groups in total. The minimum Gasteiger partial charge on any atom is -0.478 e. The van der Waals surface area contributed by atoms with E-state index in [9.17, 15) is 9.59 Å². The van der Waals surface area contributed by atoms with Crippen LogP contribution in [-0.4, -0.2) is 30.4 Å². The summed E-state index contributed by atoms with van der Waals surface area (Å²) >= 11 is 5.79. The molecule has 6 nitrogen and oxygen atoms in total. The minimum atomic E-state index is -1.11. The number of carboxylic acids is 1. The van der Waals surface area contributed by atoms with Crippen molar-refractivity contribution in [2.75, 3.05) is 12.5 Å². The Morgan fingerprint density at radius 1 is 1.22 bits per heavy atom. The third-order valence-corrected chi connectivity index (χ3v) is 3.27. The molecule has 0 heterocycles. The second-order valence-corrected chi connectivity index (χ2v) is 4.89. The fourth-order valence-corrected chi connectivity index (χ4v) is 1.96. The van der Waals surface area contributed by atoms with Crippen molar-refractivity contribution in [3.63, 3.8) is 0 Å². The summed E-state index contributed by atoms with van der Waals surface area (Å²) < 4.78 is 4.61. The third-order valence-electron chi connectivity index (χ3n) is 2.94. The van der Waals surface area contributed by atoms with Crippen molar-refractivity contribution in [3.8, 4) is 0 Å². The highest BCUT2D eigenvalue weighted by atomic mass is 35.5. The number of carbonyl (C=O) groups is 2. The second-order valence-electron chi connectivity index (χ2n) is 4.48. The molecule has 2 aromatic carbocycles. The van der Waals surface area contributed by atoms with Crippen molar-refractivity contribution < 1.29 is 19.4 Å². The van der Waals surface area contributed by atoms with Gasteiger partial charge in [0.2, 0.25) is 0 Å². The Labute approximate surface area is 137 Å². The van der Waals surface area contributed by atoms with Crippen LogP contribution in [0.3, 0.4) is 0 Å². The van der Waals surface area contributed by atoms with E-state index >= 15 is 0 Å². The van der Waals surface area contributed by atoms with Gasteiger partial charge in [-0.2, -0.15) is 5.10 Å². The Morgan fingerprint density at radius 2 is 1.91 bits per heavy atom. The topological polar surface area (TPSA) is 88.0 Å². The van der Waals surface area contributed by atoms with Gasteiger partial charge in [0.05, 0.1) is 35.2 Å². The molecule has 0 amide bonds. The monoisotopic (exact) mass is 332 g/mol. The zero-order valence-corrected chi connectivity index (χ0v) is 12.9. The molecule has 0 fully saturated rings. The molecule has 0 aliphatic carbocycles. The number of nitrogens with zero attached hydrogens (tertiary/aromatic N) is 1. The molecule has 2 rings (SSSR count). The van der Waals surface area contributed by atoms with Gasteiger partial charge in [-0.3, -0.25) is 5.43 Å². The molecule has 23 heavy (non-hydrogen) atoms. The summed E-state index contributed by atoms with van der Waals surface area (Å²) in [5.41, 5.74) is 4.42. The first-order chi connectivity index (χ1) is 11.0. The molecular weight excluding hydrogens is 320 g/mol. The average molecular weight is 333 g/mol. The molecule has 0 saturated carbocycles.